The van der Waals surface area contributed by atoms with E-state index in [1.54, 1.807) is 4.90 Å². The first-order valence-electron chi connectivity index (χ1n) is 5.28. The SMILES string of the molecule is C.O=CC1c2ccccc2CN2C(=O)OCC12. The van der Waals surface area contributed by atoms with Gasteiger partial charge in [-0.3, -0.25) is 4.90 Å². The second-order valence-corrected chi connectivity index (χ2v) is 4.13. The van der Waals surface area contributed by atoms with Crippen LogP contribution in [-0.2, 0) is 16.1 Å². The molecule has 2 heterocycles. The van der Waals surface area contributed by atoms with Crippen molar-refractivity contribution in [1.29, 1.82) is 0 Å². The molecule has 0 saturated carbocycles. The average molecular weight is 233 g/mol. The summed E-state index contributed by atoms with van der Waals surface area (Å²) in [7, 11) is 0. The molecule has 2 atom stereocenters. The molecule has 0 aliphatic carbocycles. The van der Waals surface area contributed by atoms with Gasteiger partial charge in [0, 0.05) is 6.54 Å². The van der Waals surface area contributed by atoms with E-state index in [0.29, 0.717) is 13.2 Å². The van der Waals surface area contributed by atoms with Gasteiger partial charge in [0.25, 0.3) is 0 Å². The molecule has 0 radical (unpaired) electrons. The van der Waals surface area contributed by atoms with Gasteiger partial charge in [-0.15, -0.1) is 0 Å². The van der Waals surface area contributed by atoms with Crippen LogP contribution in [0.25, 0.3) is 0 Å². The Balaban J connectivity index is 0.00000108. The Morgan fingerprint density at radius 2 is 2.12 bits per heavy atom. The van der Waals surface area contributed by atoms with Crippen molar-refractivity contribution in [3.05, 3.63) is 35.4 Å². The molecule has 0 aromatic heterocycles. The lowest BCUT2D eigenvalue weighted by Crippen LogP contribution is -2.42. The molecule has 90 valence electrons. The van der Waals surface area contributed by atoms with Gasteiger partial charge in [0.05, 0.1) is 12.0 Å². The highest BCUT2D eigenvalue weighted by Gasteiger charge is 2.42. The molecule has 4 heteroatoms. The van der Waals surface area contributed by atoms with Gasteiger partial charge in [-0.1, -0.05) is 31.7 Å². The topological polar surface area (TPSA) is 46.6 Å². The molecule has 2 aliphatic rings. The Morgan fingerprint density at radius 3 is 2.88 bits per heavy atom. The van der Waals surface area contributed by atoms with E-state index < -0.39 is 0 Å². The van der Waals surface area contributed by atoms with E-state index in [1.807, 2.05) is 24.3 Å². The lowest BCUT2D eigenvalue weighted by Gasteiger charge is -2.33. The molecule has 0 spiro atoms. The van der Waals surface area contributed by atoms with E-state index in [-0.39, 0.29) is 25.5 Å². The number of rotatable bonds is 1. The van der Waals surface area contributed by atoms with Gasteiger partial charge in [-0.05, 0) is 11.1 Å². The minimum Gasteiger partial charge on any atom is -0.447 e. The van der Waals surface area contributed by atoms with Crippen LogP contribution in [0.5, 0.6) is 0 Å². The maximum absolute atomic E-state index is 11.5. The third-order valence-corrected chi connectivity index (χ3v) is 3.33. The quantitative estimate of drug-likeness (QED) is 0.696. The number of benzene rings is 1. The van der Waals surface area contributed by atoms with Gasteiger partial charge in [-0.2, -0.15) is 0 Å². The fraction of sp³-hybridized carbons (Fsp3) is 0.385. The zero-order chi connectivity index (χ0) is 11.1. The summed E-state index contributed by atoms with van der Waals surface area (Å²) < 4.78 is 4.99. The van der Waals surface area contributed by atoms with Crippen molar-refractivity contribution in [2.45, 2.75) is 25.9 Å². The Kier molecular flexibility index (Phi) is 2.88. The van der Waals surface area contributed by atoms with E-state index in [1.165, 1.54) is 0 Å². The number of carbonyl (C=O) groups is 2. The largest absolute Gasteiger partial charge is 0.447 e. The molecule has 0 bridgehead atoms. The molecular formula is C13H15NO3. The summed E-state index contributed by atoms with van der Waals surface area (Å²) in [5.74, 6) is -0.253. The summed E-state index contributed by atoms with van der Waals surface area (Å²) in [4.78, 5) is 24.3. The van der Waals surface area contributed by atoms with Crippen LogP contribution in [0.2, 0.25) is 0 Å². The molecule has 1 amide bonds. The molecule has 2 aliphatic heterocycles. The van der Waals surface area contributed by atoms with E-state index in [9.17, 15) is 9.59 Å². The highest BCUT2D eigenvalue weighted by atomic mass is 16.6. The lowest BCUT2D eigenvalue weighted by molar-refractivity contribution is -0.110. The molecule has 2 unspecified atom stereocenters. The highest BCUT2D eigenvalue weighted by molar-refractivity contribution is 5.75. The number of ether oxygens (including phenoxy) is 1. The Bertz CT molecular complexity index is 458. The van der Waals surface area contributed by atoms with Crippen LogP contribution in [0.3, 0.4) is 0 Å². The molecule has 17 heavy (non-hydrogen) atoms. The van der Waals surface area contributed by atoms with Crippen LogP contribution in [0, 0.1) is 0 Å². The molecule has 1 aromatic carbocycles. The van der Waals surface area contributed by atoms with Gasteiger partial charge in [0.2, 0.25) is 0 Å². The Hall–Kier alpha value is -1.84. The van der Waals surface area contributed by atoms with Crippen LogP contribution in [0.4, 0.5) is 4.79 Å². The predicted octanol–water partition coefficient (Wildman–Crippen LogP) is 1.94. The van der Waals surface area contributed by atoms with Crippen LogP contribution in [0.15, 0.2) is 24.3 Å². The average Bonchev–Trinajstić information content (AvgIpc) is 2.68. The monoisotopic (exact) mass is 233 g/mol. The zero-order valence-electron chi connectivity index (χ0n) is 8.63. The number of carbonyl (C=O) groups excluding carboxylic acids is 2. The van der Waals surface area contributed by atoms with Gasteiger partial charge in [0.15, 0.2) is 0 Å². The smallest absolute Gasteiger partial charge is 0.410 e. The number of hydrogen-bond donors (Lipinski definition) is 0. The number of fused-ring (bicyclic) bond motifs is 2. The number of hydrogen-bond acceptors (Lipinski definition) is 3. The normalized spacial score (nSPS) is 25.4. The summed E-state index contributed by atoms with van der Waals surface area (Å²) in [6, 6.07) is 7.62. The minimum atomic E-state index is -0.314. The summed E-state index contributed by atoms with van der Waals surface area (Å²) in [5, 5.41) is 0. The summed E-state index contributed by atoms with van der Waals surface area (Å²) in [6.45, 7) is 0.862. The van der Waals surface area contributed by atoms with E-state index in [0.717, 1.165) is 17.4 Å². The van der Waals surface area contributed by atoms with Crippen molar-refractivity contribution < 1.29 is 14.3 Å². The molecule has 1 saturated heterocycles. The molecule has 1 fully saturated rings. The third-order valence-electron chi connectivity index (χ3n) is 3.33. The van der Waals surface area contributed by atoms with Gasteiger partial charge in [0.1, 0.15) is 12.9 Å². The van der Waals surface area contributed by atoms with E-state index >= 15 is 0 Å². The van der Waals surface area contributed by atoms with E-state index in [2.05, 4.69) is 0 Å². The van der Waals surface area contributed by atoms with Crippen molar-refractivity contribution in [2.24, 2.45) is 0 Å². The van der Waals surface area contributed by atoms with Crippen molar-refractivity contribution in [3.63, 3.8) is 0 Å². The predicted molar refractivity (Wildman–Crippen MR) is 62.7 cm³/mol. The number of cyclic esters (lactones) is 1. The third kappa shape index (κ3) is 1.60. The van der Waals surface area contributed by atoms with Gasteiger partial charge < -0.3 is 9.53 Å². The standard InChI is InChI=1S/C12H11NO3.CH4/c14-6-10-9-4-2-1-3-8(9)5-13-11(10)7-16-12(13)15;/h1-4,6,10-11H,5,7H2;1H4. The summed E-state index contributed by atoms with van der Waals surface area (Å²) in [5.41, 5.74) is 2.06. The number of amides is 1. The molecule has 1 aromatic rings. The van der Waals surface area contributed by atoms with Gasteiger partial charge >= 0.3 is 6.09 Å². The molecule has 3 rings (SSSR count). The van der Waals surface area contributed by atoms with Crippen molar-refractivity contribution in [1.82, 2.24) is 4.90 Å². The Labute approximate surface area is 100 Å². The first kappa shape index (κ1) is 11.6. The van der Waals surface area contributed by atoms with Crippen LogP contribution in [-0.4, -0.2) is 29.9 Å². The highest BCUT2D eigenvalue weighted by Crippen LogP contribution is 2.35. The second kappa shape index (κ2) is 4.20. The van der Waals surface area contributed by atoms with E-state index in [4.69, 9.17) is 4.74 Å². The number of aldehydes is 1. The number of nitrogens with zero attached hydrogens (tertiary/aromatic N) is 1. The van der Waals surface area contributed by atoms with Crippen LogP contribution >= 0.6 is 0 Å². The summed E-state index contributed by atoms with van der Waals surface area (Å²) >= 11 is 0. The fourth-order valence-electron chi connectivity index (χ4n) is 2.50. The summed E-state index contributed by atoms with van der Waals surface area (Å²) in [6.07, 6.45) is 0.601. The lowest BCUT2D eigenvalue weighted by atomic mass is 9.85. The first-order valence-corrected chi connectivity index (χ1v) is 5.28. The minimum absolute atomic E-state index is 0. The van der Waals surface area contributed by atoms with Crippen molar-refractivity contribution >= 4 is 12.4 Å². The molecular weight excluding hydrogens is 218 g/mol. The van der Waals surface area contributed by atoms with Crippen LogP contribution < -0.4 is 0 Å². The first-order chi connectivity index (χ1) is 7.81. The fourth-order valence-corrected chi connectivity index (χ4v) is 2.50. The molecule has 4 nitrogen and oxygen atoms in total. The van der Waals surface area contributed by atoms with Gasteiger partial charge in [-0.25, -0.2) is 4.79 Å². The van der Waals surface area contributed by atoms with Crippen LogP contribution in [0.1, 0.15) is 24.5 Å². The maximum atomic E-state index is 11.5. The Morgan fingerprint density at radius 1 is 1.35 bits per heavy atom. The van der Waals surface area contributed by atoms with Crippen molar-refractivity contribution in [2.75, 3.05) is 6.61 Å². The zero-order valence-corrected chi connectivity index (χ0v) is 8.63. The maximum Gasteiger partial charge on any atom is 0.410 e. The molecule has 0 N–H and O–H groups in total. The second-order valence-electron chi connectivity index (χ2n) is 4.13. The van der Waals surface area contributed by atoms with Crippen molar-refractivity contribution in [3.8, 4) is 0 Å².